The van der Waals surface area contributed by atoms with E-state index in [9.17, 15) is 14.2 Å². The molecule has 0 aliphatic heterocycles. The maximum atomic E-state index is 13.8. The minimum atomic E-state index is -3.14. The molecule has 3 aromatic rings. The fourth-order valence-electron chi connectivity index (χ4n) is 4.29. The molecule has 1 atom stereocenters. The largest absolute Gasteiger partial charge is 0.496 e. The van der Waals surface area contributed by atoms with Gasteiger partial charge in [-0.2, -0.15) is 0 Å². The Morgan fingerprint density at radius 2 is 1.36 bits per heavy atom. The van der Waals surface area contributed by atoms with Crippen LogP contribution in [-0.2, 0) is 9.98 Å². The third-order valence-corrected chi connectivity index (χ3v) is 7.76. The number of rotatable bonds is 8. The van der Waals surface area contributed by atoms with E-state index >= 15 is 0 Å². The van der Waals surface area contributed by atoms with Crippen LogP contribution < -0.4 is 19.5 Å². The lowest BCUT2D eigenvalue weighted by atomic mass is 9.84. The summed E-state index contributed by atoms with van der Waals surface area (Å²) in [6.07, 6.45) is 0. The molecule has 6 nitrogen and oxygen atoms in total. The van der Waals surface area contributed by atoms with Crippen molar-refractivity contribution in [1.82, 2.24) is 0 Å². The van der Waals surface area contributed by atoms with Gasteiger partial charge in [0.2, 0.25) is 5.52 Å². The van der Waals surface area contributed by atoms with E-state index in [1.54, 1.807) is 24.3 Å². The van der Waals surface area contributed by atoms with Crippen molar-refractivity contribution in [3.05, 3.63) is 81.9 Å². The monoisotopic (exact) mass is 508 g/mol. The third-order valence-electron chi connectivity index (χ3n) is 6.17. The molecule has 0 spiro atoms. The Morgan fingerprint density at radius 1 is 0.806 bits per heavy atom. The van der Waals surface area contributed by atoms with Crippen LogP contribution in [0.1, 0.15) is 63.7 Å². The van der Waals surface area contributed by atoms with Crippen molar-refractivity contribution in [2.75, 3.05) is 21.3 Å². The van der Waals surface area contributed by atoms with Crippen LogP contribution >= 0.6 is 7.80 Å². The van der Waals surface area contributed by atoms with E-state index in [1.807, 2.05) is 32.0 Å². The summed E-state index contributed by atoms with van der Waals surface area (Å²) in [5, 5.41) is 0.0927. The average molecular weight is 509 g/mol. The Balaban J connectivity index is 2.19. The first-order valence-electron chi connectivity index (χ1n) is 11.6. The van der Waals surface area contributed by atoms with Gasteiger partial charge in [0.05, 0.1) is 26.9 Å². The number of methoxy groups -OCH3 is 3. The average Bonchev–Trinajstić information content (AvgIpc) is 2.85. The molecule has 0 saturated heterocycles. The molecule has 0 aliphatic carbocycles. The van der Waals surface area contributed by atoms with Gasteiger partial charge >= 0.3 is 0 Å². The highest BCUT2D eigenvalue weighted by molar-refractivity contribution is 7.72. The smallest absolute Gasteiger partial charge is 0.223 e. The molecule has 0 amide bonds. The first-order valence-corrected chi connectivity index (χ1v) is 13.0. The molecule has 0 saturated carbocycles. The highest BCUT2D eigenvalue weighted by Gasteiger charge is 2.32. The molecule has 36 heavy (non-hydrogen) atoms. The number of hydrogen-bond donors (Lipinski definition) is 0. The minimum absolute atomic E-state index is 0.0509. The summed E-state index contributed by atoms with van der Waals surface area (Å²) in [5.74, 6) is -0.0309. The Hall–Kier alpha value is -3.37. The highest BCUT2D eigenvalue weighted by Crippen LogP contribution is 2.44. The molecule has 0 bridgehead atoms. The lowest BCUT2D eigenvalue weighted by molar-refractivity contribution is 0.103. The maximum Gasteiger partial charge on any atom is 0.223 e. The van der Waals surface area contributed by atoms with Gasteiger partial charge in [0, 0.05) is 11.1 Å². The molecular weight excluding hydrogens is 475 g/mol. The summed E-state index contributed by atoms with van der Waals surface area (Å²) < 4.78 is 30.5. The van der Waals surface area contributed by atoms with Crippen molar-refractivity contribution < 1.29 is 28.4 Å². The van der Waals surface area contributed by atoms with Crippen molar-refractivity contribution >= 4 is 24.4 Å². The summed E-state index contributed by atoms with van der Waals surface area (Å²) >= 11 is 0. The first kappa shape index (κ1) is 27.2. The topological polar surface area (TPSA) is 78.9 Å². The zero-order valence-corrected chi connectivity index (χ0v) is 23.1. The van der Waals surface area contributed by atoms with Gasteiger partial charge < -0.3 is 18.8 Å². The molecule has 1 unspecified atom stereocenters. The van der Waals surface area contributed by atoms with Crippen LogP contribution in [0.2, 0.25) is 0 Å². The van der Waals surface area contributed by atoms with E-state index in [-0.39, 0.29) is 39.3 Å². The first-order chi connectivity index (χ1) is 17.0. The Kier molecular flexibility index (Phi) is 8.10. The summed E-state index contributed by atoms with van der Waals surface area (Å²) in [6.45, 7) is 10.0. The van der Waals surface area contributed by atoms with Gasteiger partial charge in [-0.05, 0) is 42.0 Å². The molecule has 0 fully saturated rings. The standard InChI is InChI=1S/C29H33O6P/c1-17-14-20(29(3,4)5)15-18(2)23(17)28(31)36(32)27-22(33-6)16-21(25(34-7)26(27)35-8)24(30)19-12-10-9-11-13-19/h9-16,36H,1-8H3. The molecule has 0 radical (unpaired) electrons. The highest BCUT2D eigenvalue weighted by atomic mass is 31.1. The SMILES string of the molecule is COc1cc(C(=O)c2ccccc2)c(OC)c(OC)c1[PH](=O)C(=O)c1c(C)cc(C(C)(C)C)cc1C. The summed E-state index contributed by atoms with van der Waals surface area (Å²) in [5.41, 5.74) is 3.05. The number of ketones is 1. The van der Waals surface area contributed by atoms with Crippen molar-refractivity contribution in [3.8, 4) is 17.2 Å². The molecule has 0 N–H and O–H groups in total. The van der Waals surface area contributed by atoms with Gasteiger partial charge in [0.25, 0.3) is 0 Å². The Bertz CT molecular complexity index is 1310. The third kappa shape index (κ3) is 5.10. The van der Waals surface area contributed by atoms with Gasteiger partial charge in [0.1, 0.15) is 11.1 Å². The van der Waals surface area contributed by atoms with E-state index in [0.717, 1.165) is 16.7 Å². The molecule has 3 aromatic carbocycles. The summed E-state index contributed by atoms with van der Waals surface area (Å²) in [7, 11) is 1.04. The number of aryl methyl sites for hydroxylation is 2. The molecule has 0 aromatic heterocycles. The second kappa shape index (κ2) is 10.7. The van der Waals surface area contributed by atoms with E-state index in [4.69, 9.17) is 14.2 Å². The second-order valence-electron chi connectivity index (χ2n) is 9.66. The van der Waals surface area contributed by atoms with Gasteiger partial charge in [-0.1, -0.05) is 63.2 Å². The number of carbonyl (C=O) groups is 2. The fraction of sp³-hybridized carbons (Fsp3) is 0.310. The molecule has 7 heteroatoms. The van der Waals surface area contributed by atoms with Crippen LogP contribution in [0, 0.1) is 13.8 Å². The predicted molar refractivity (Wildman–Crippen MR) is 144 cm³/mol. The van der Waals surface area contributed by atoms with Crippen LogP contribution in [-0.4, -0.2) is 32.6 Å². The van der Waals surface area contributed by atoms with Crippen LogP contribution in [0.15, 0.2) is 48.5 Å². The summed E-state index contributed by atoms with van der Waals surface area (Å²) in [4.78, 5) is 26.9. The van der Waals surface area contributed by atoms with Crippen molar-refractivity contribution in [2.24, 2.45) is 0 Å². The van der Waals surface area contributed by atoms with Gasteiger partial charge in [-0.25, -0.2) is 0 Å². The van der Waals surface area contributed by atoms with Crippen LogP contribution in [0.5, 0.6) is 17.2 Å². The van der Waals surface area contributed by atoms with Crippen molar-refractivity contribution in [2.45, 2.75) is 40.0 Å². The van der Waals surface area contributed by atoms with Crippen LogP contribution in [0.4, 0.5) is 0 Å². The van der Waals surface area contributed by atoms with Crippen LogP contribution in [0.3, 0.4) is 0 Å². The van der Waals surface area contributed by atoms with E-state index in [0.29, 0.717) is 11.1 Å². The number of ether oxygens (including phenoxy) is 3. The lowest BCUT2D eigenvalue weighted by Gasteiger charge is -2.22. The van der Waals surface area contributed by atoms with Gasteiger partial charge in [0.15, 0.2) is 25.1 Å². The molecule has 0 aliphatic rings. The molecular formula is C29H33O6P. The molecule has 3 rings (SSSR count). The van der Waals surface area contributed by atoms with Gasteiger partial charge in [-0.3, -0.25) is 9.59 Å². The normalized spacial score (nSPS) is 12.1. The van der Waals surface area contributed by atoms with Crippen molar-refractivity contribution in [3.63, 3.8) is 0 Å². The number of carbonyl (C=O) groups excluding carboxylic acids is 2. The fourth-order valence-corrected chi connectivity index (χ4v) is 5.95. The number of benzene rings is 3. The predicted octanol–water partition coefficient (Wildman–Crippen LogP) is 5.88. The minimum Gasteiger partial charge on any atom is -0.496 e. The zero-order chi connectivity index (χ0) is 26.8. The van der Waals surface area contributed by atoms with E-state index in [2.05, 4.69) is 20.8 Å². The Morgan fingerprint density at radius 3 is 1.83 bits per heavy atom. The van der Waals surface area contributed by atoms with E-state index < -0.39 is 13.3 Å². The molecule has 190 valence electrons. The Labute approximate surface area is 213 Å². The quantitative estimate of drug-likeness (QED) is 0.279. The number of hydrogen-bond acceptors (Lipinski definition) is 6. The second-order valence-corrected chi connectivity index (χ2v) is 11.3. The van der Waals surface area contributed by atoms with Crippen LogP contribution in [0.25, 0.3) is 0 Å². The maximum absolute atomic E-state index is 13.8. The van der Waals surface area contributed by atoms with E-state index in [1.165, 1.54) is 27.4 Å². The molecule has 0 heterocycles. The van der Waals surface area contributed by atoms with Gasteiger partial charge in [-0.15, -0.1) is 0 Å². The summed E-state index contributed by atoms with van der Waals surface area (Å²) in [6, 6.07) is 14.1. The van der Waals surface area contributed by atoms with Crippen molar-refractivity contribution in [1.29, 1.82) is 0 Å². The zero-order valence-electron chi connectivity index (χ0n) is 22.1. The lowest BCUT2D eigenvalue weighted by Crippen LogP contribution is -2.17.